The van der Waals surface area contributed by atoms with Gasteiger partial charge in [-0.3, -0.25) is 0 Å². The van der Waals surface area contributed by atoms with E-state index in [0.29, 0.717) is 23.0 Å². The normalized spacial score (nSPS) is 14.3. The van der Waals surface area contributed by atoms with E-state index in [2.05, 4.69) is 34.6 Å². The number of hydrogen-bond donors (Lipinski definition) is 2. The minimum atomic E-state index is 0. The summed E-state index contributed by atoms with van der Waals surface area (Å²) in [7, 11) is 3.23. The quantitative estimate of drug-likeness (QED) is 0.674. The van der Waals surface area contributed by atoms with Gasteiger partial charge in [-0.15, -0.1) is 12.4 Å². The Morgan fingerprint density at radius 2 is 1.75 bits per heavy atom. The van der Waals surface area contributed by atoms with Gasteiger partial charge >= 0.3 is 0 Å². The zero-order chi connectivity index (χ0) is 18.8. The Morgan fingerprint density at radius 1 is 1.00 bits per heavy atom. The fraction of sp³-hybridized carbons (Fsp3) is 0.318. The summed E-state index contributed by atoms with van der Waals surface area (Å²) in [4.78, 5) is 3.42. The van der Waals surface area contributed by atoms with Crippen LogP contribution in [0.2, 0.25) is 0 Å². The fourth-order valence-corrected chi connectivity index (χ4v) is 3.94. The van der Waals surface area contributed by atoms with Crippen molar-refractivity contribution in [3.63, 3.8) is 0 Å². The molecule has 1 fully saturated rings. The number of benzene rings is 2. The van der Waals surface area contributed by atoms with Crippen molar-refractivity contribution in [2.45, 2.75) is 18.8 Å². The van der Waals surface area contributed by atoms with Gasteiger partial charge in [0, 0.05) is 16.5 Å². The molecule has 146 valence electrons. The predicted octanol–water partition coefficient (Wildman–Crippen LogP) is 4.61. The molecule has 0 spiro atoms. The van der Waals surface area contributed by atoms with E-state index in [1.807, 2.05) is 18.2 Å². The number of fused-ring (bicyclic) bond motifs is 1. The van der Waals surface area contributed by atoms with Crippen LogP contribution in [0.25, 0.3) is 22.2 Å². The van der Waals surface area contributed by atoms with Gasteiger partial charge in [-0.2, -0.15) is 5.26 Å². The Hall–Kier alpha value is -2.68. The average molecular weight is 398 g/mol. The van der Waals surface area contributed by atoms with Crippen LogP contribution in [0.5, 0.6) is 11.5 Å². The highest BCUT2D eigenvalue weighted by molar-refractivity contribution is 5.94. The first-order valence-corrected chi connectivity index (χ1v) is 9.24. The van der Waals surface area contributed by atoms with Gasteiger partial charge < -0.3 is 19.8 Å². The summed E-state index contributed by atoms with van der Waals surface area (Å²) in [5, 5.41) is 14.3. The lowest BCUT2D eigenvalue weighted by atomic mass is 9.89. The van der Waals surface area contributed by atoms with E-state index in [0.717, 1.165) is 48.1 Å². The summed E-state index contributed by atoms with van der Waals surface area (Å²) in [6.45, 7) is 2.11. The molecule has 3 aromatic rings. The Labute approximate surface area is 171 Å². The Kier molecular flexibility index (Phi) is 6.13. The van der Waals surface area contributed by atoms with Gasteiger partial charge in [0.25, 0.3) is 0 Å². The molecule has 0 atom stereocenters. The van der Waals surface area contributed by atoms with Crippen molar-refractivity contribution in [2.24, 2.45) is 0 Å². The number of methoxy groups -OCH3 is 2. The lowest BCUT2D eigenvalue weighted by Crippen LogP contribution is -2.26. The van der Waals surface area contributed by atoms with Crippen molar-refractivity contribution in [3.8, 4) is 28.8 Å². The molecule has 0 radical (unpaired) electrons. The summed E-state index contributed by atoms with van der Waals surface area (Å²) in [6, 6.07) is 14.6. The highest BCUT2D eigenvalue weighted by Gasteiger charge is 2.19. The zero-order valence-electron chi connectivity index (χ0n) is 16.0. The number of nitriles is 1. The first-order valence-electron chi connectivity index (χ1n) is 9.24. The number of halogens is 1. The van der Waals surface area contributed by atoms with Gasteiger partial charge in [-0.1, -0.05) is 6.07 Å². The van der Waals surface area contributed by atoms with E-state index < -0.39 is 0 Å². The molecule has 6 heteroatoms. The maximum Gasteiger partial charge on any atom is 0.161 e. The molecule has 4 rings (SSSR count). The van der Waals surface area contributed by atoms with Crippen LogP contribution >= 0.6 is 12.4 Å². The van der Waals surface area contributed by atoms with Crippen LogP contribution < -0.4 is 14.8 Å². The van der Waals surface area contributed by atoms with Gasteiger partial charge in [0.15, 0.2) is 11.5 Å². The second kappa shape index (κ2) is 8.55. The largest absolute Gasteiger partial charge is 0.493 e. The third kappa shape index (κ3) is 3.54. The SMILES string of the molecule is COc1ccc(-c2[nH]c3ccc(C4CCNCC4)cc3c2C#N)cc1OC.Cl. The van der Waals surface area contributed by atoms with Gasteiger partial charge in [-0.05, 0) is 67.7 Å². The molecule has 1 aliphatic rings. The number of nitrogens with one attached hydrogen (secondary N) is 2. The topological polar surface area (TPSA) is 70.1 Å². The number of nitrogens with zero attached hydrogens (tertiary/aromatic N) is 1. The van der Waals surface area contributed by atoms with Crippen LogP contribution in [0.15, 0.2) is 36.4 Å². The molecule has 0 saturated carbocycles. The minimum absolute atomic E-state index is 0. The van der Waals surface area contributed by atoms with Crippen molar-refractivity contribution in [1.82, 2.24) is 10.3 Å². The van der Waals surface area contributed by atoms with Crippen LogP contribution in [0.1, 0.15) is 29.9 Å². The second-order valence-electron chi connectivity index (χ2n) is 6.89. The molecular weight excluding hydrogens is 374 g/mol. The standard InChI is InChI=1S/C22H23N3O2.ClH/c1-26-20-6-4-16(12-21(20)27-2)22-18(13-23)17-11-15(3-5-19(17)25-22)14-7-9-24-10-8-14;/h3-6,11-12,14,24-25H,7-10H2,1-2H3;1H. The van der Waals surface area contributed by atoms with Crippen molar-refractivity contribution in [2.75, 3.05) is 27.3 Å². The van der Waals surface area contributed by atoms with Gasteiger partial charge in [0.2, 0.25) is 0 Å². The van der Waals surface area contributed by atoms with Crippen LogP contribution in [0.3, 0.4) is 0 Å². The molecule has 0 amide bonds. The number of aromatic amines is 1. The van der Waals surface area contributed by atoms with Crippen LogP contribution in [0, 0.1) is 11.3 Å². The molecule has 1 aromatic heterocycles. The average Bonchev–Trinajstić information content (AvgIpc) is 3.11. The molecule has 0 aliphatic carbocycles. The zero-order valence-corrected chi connectivity index (χ0v) is 16.9. The van der Waals surface area contributed by atoms with E-state index >= 15 is 0 Å². The molecular formula is C22H24ClN3O2. The molecule has 1 aliphatic heterocycles. The number of aromatic nitrogens is 1. The summed E-state index contributed by atoms with van der Waals surface area (Å²) in [6.07, 6.45) is 2.28. The first-order chi connectivity index (χ1) is 13.2. The smallest absolute Gasteiger partial charge is 0.161 e. The summed E-state index contributed by atoms with van der Waals surface area (Å²) in [5.41, 5.74) is 4.69. The summed E-state index contributed by atoms with van der Waals surface area (Å²) < 4.78 is 10.7. The minimum Gasteiger partial charge on any atom is -0.493 e. The predicted molar refractivity (Wildman–Crippen MR) is 114 cm³/mol. The number of ether oxygens (including phenoxy) is 2. The maximum absolute atomic E-state index is 9.86. The first kappa shape index (κ1) is 20.1. The number of rotatable bonds is 4. The van der Waals surface area contributed by atoms with Crippen LogP contribution in [0.4, 0.5) is 0 Å². The molecule has 0 bridgehead atoms. The van der Waals surface area contributed by atoms with Crippen molar-refractivity contribution >= 4 is 23.3 Å². The highest BCUT2D eigenvalue weighted by Crippen LogP contribution is 2.37. The van der Waals surface area contributed by atoms with Crippen molar-refractivity contribution < 1.29 is 9.47 Å². The number of piperidine rings is 1. The number of hydrogen-bond acceptors (Lipinski definition) is 4. The van der Waals surface area contributed by atoms with Crippen LogP contribution in [-0.4, -0.2) is 32.3 Å². The Balaban J connectivity index is 0.00000225. The summed E-state index contributed by atoms with van der Waals surface area (Å²) in [5.74, 6) is 1.87. The molecule has 2 heterocycles. The second-order valence-corrected chi connectivity index (χ2v) is 6.89. The van der Waals surface area contributed by atoms with Gasteiger partial charge in [0.05, 0.1) is 25.5 Å². The lowest BCUT2D eigenvalue weighted by molar-refractivity contribution is 0.355. The molecule has 5 nitrogen and oxygen atoms in total. The monoisotopic (exact) mass is 397 g/mol. The summed E-state index contributed by atoms with van der Waals surface area (Å²) >= 11 is 0. The van der Waals surface area contributed by atoms with E-state index in [-0.39, 0.29) is 12.4 Å². The van der Waals surface area contributed by atoms with Gasteiger partial charge in [-0.25, -0.2) is 0 Å². The lowest BCUT2D eigenvalue weighted by Gasteiger charge is -2.23. The Morgan fingerprint density at radius 3 is 2.43 bits per heavy atom. The highest BCUT2D eigenvalue weighted by atomic mass is 35.5. The third-order valence-corrected chi connectivity index (χ3v) is 5.42. The number of H-pyrrole nitrogens is 1. The fourth-order valence-electron chi connectivity index (χ4n) is 3.94. The van der Waals surface area contributed by atoms with Gasteiger partial charge in [0.1, 0.15) is 6.07 Å². The van der Waals surface area contributed by atoms with E-state index in [9.17, 15) is 5.26 Å². The molecule has 1 saturated heterocycles. The molecule has 0 unspecified atom stereocenters. The van der Waals surface area contributed by atoms with E-state index in [1.165, 1.54) is 5.56 Å². The molecule has 2 aromatic carbocycles. The molecule has 2 N–H and O–H groups in total. The van der Waals surface area contributed by atoms with Crippen molar-refractivity contribution in [3.05, 3.63) is 47.5 Å². The van der Waals surface area contributed by atoms with Crippen molar-refractivity contribution in [1.29, 1.82) is 5.26 Å². The third-order valence-electron chi connectivity index (χ3n) is 5.42. The Bertz CT molecular complexity index is 1020. The van der Waals surface area contributed by atoms with E-state index in [1.54, 1.807) is 14.2 Å². The van der Waals surface area contributed by atoms with Crippen LogP contribution in [-0.2, 0) is 0 Å². The maximum atomic E-state index is 9.86. The molecule has 28 heavy (non-hydrogen) atoms. The van der Waals surface area contributed by atoms with E-state index in [4.69, 9.17) is 9.47 Å².